The number of nitrogens with one attached hydrogen (secondary N) is 1. The van der Waals surface area contributed by atoms with Crippen LogP contribution in [0.1, 0.15) is 63.9 Å². The van der Waals surface area contributed by atoms with Gasteiger partial charge in [0.2, 0.25) is 11.8 Å². The van der Waals surface area contributed by atoms with Crippen molar-refractivity contribution in [2.75, 3.05) is 20.3 Å². The molecule has 0 saturated carbocycles. The number of imide groups is 1. The zero-order valence-corrected chi connectivity index (χ0v) is 24.6. The summed E-state index contributed by atoms with van der Waals surface area (Å²) in [5.41, 5.74) is 3.05. The van der Waals surface area contributed by atoms with Gasteiger partial charge in [0.1, 0.15) is 29.9 Å². The Morgan fingerprint density at radius 3 is 2.36 bits per heavy atom. The highest BCUT2D eigenvalue weighted by molar-refractivity contribution is 6.05. The zero-order chi connectivity index (χ0) is 30.6. The fourth-order valence-corrected chi connectivity index (χ4v) is 6.10. The van der Waals surface area contributed by atoms with Crippen molar-refractivity contribution in [2.24, 2.45) is 0 Å². The van der Waals surface area contributed by atoms with Gasteiger partial charge in [0.05, 0.1) is 12.7 Å². The number of likely N-dealkylation sites (tertiary alicyclic amines) is 1. The van der Waals surface area contributed by atoms with Crippen molar-refractivity contribution in [3.8, 4) is 17.2 Å². The molecule has 2 atom stereocenters. The average Bonchev–Trinajstić information content (AvgIpc) is 3.36. The van der Waals surface area contributed by atoms with Gasteiger partial charge in [0, 0.05) is 31.1 Å². The van der Waals surface area contributed by atoms with Gasteiger partial charge < -0.3 is 19.1 Å². The summed E-state index contributed by atoms with van der Waals surface area (Å²) < 4.78 is 16.9. The van der Waals surface area contributed by atoms with Gasteiger partial charge in [-0.15, -0.1) is 0 Å². The van der Waals surface area contributed by atoms with Crippen LogP contribution in [0.3, 0.4) is 0 Å². The Hall–Kier alpha value is -4.70. The summed E-state index contributed by atoms with van der Waals surface area (Å²) >= 11 is 0. The van der Waals surface area contributed by atoms with Gasteiger partial charge in [-0.2, -0.15) is 0 Å². The van der Waals surface area contributed by atoms with E-state index in [4.69, 9.17) is 14.2 Å². The second kappa shape index (κ2) is 12.9. The normalized spacial score (nSPS) is 20.2. The van der Waals surface area contributed by atoms with Crippen LogP contribution < -0.4 is 14.8 Å². The minimum atomic E-state index is -0.632. The first kappa shape index (κ1) is 29.4. The molecule has 0 aliphatic carbocycles. The Morgan fingerprint density at radius 2 is 1.64 bits per heavy atom. The average molecular weight is 598 g/mol. The number of fused-ring (bicyclic) bond motifs is 1. The van der Waals surface area contributed by atoms with E-state index in [1.807, 2.05) is 24.3 Å². The molecular weight excluding hydrogens is 562 g/mol. The topological polar surface area (TPSA) is 114 Å². The lowest BCUT2D eigenvalue weighted by Crippen LogP contribution is -2.52. The van der Waals surface area contributed by atoms with Gasteiger partial charge in [0.25, 0.3) is 5.91 Å². The van der Waals surface area contributed by atoms with Crippen LogP contribution >= 0.6 is 0 Å². The second-order valence-electron chi connectivity index (χ2n) is 11.4. The molecular formula is C34H35N3O7. The lowest BCUT2D eigenvalue weighted by atomic mass is 10.0. The van der Waals surface area contributed by atoms with E-state index in [9.17, 15) is 19.2 Å². The highest BCUT2D eigenvalue weighted by Crippen LogP contribution is 2.31. The molecule has 1 N–H and O–H groups in total. The molecule has 228 valence electrons. The van der Waals surface area contributed by atoms with Crippen molar-refractivity contribution in [3.05, 3.63) is 89.0 Å². The molecule has 3 aliphatic rings. The molecule has 0 radical (unpaired) electrons. The molecule has 2 fully saturated rings. The minimum absolute atomic E-state index is 0.188. The highest BCUT2D eigenvalue weighted by Gasteiger charge is 2.39. The van der Waals surface area contributed by atoms with Gasteiger partial charge in [-0.05, 0) is 91.5 Å². The predicted octanol–water partition coefficient (Wildman–Crippen LogP) is 4.46. The predicted molar refractivity (Wildman–Crippen MR) is 160 cm³/mol. The third kappa shape index (κ3) is 6.45. The number of carbonyl (C=O) groups excluding carboxylic acids is 4. The van der Waals surface area contributed by atoms with Gasteiger partial charge >= 0.3 is 5.97 Å². The zero-order valence-electron chi connectivity index (χ0n) is 24.6. The molecule has 1 unspecified atom stereocenters. The maximum absolute atomic E-state index is 13.0. The number of carbonyl (C=O) groups is 4. The summed E-state index contributed by atoms with van der Waals surface area (Å²) in [5.74, 6) is 0.771. The number of nitrogens with zero attached hydrogens (tertiary/aromatic N) is 2. The van der Waals surface area contributed by atoms with E-state index in [1.54, 1.807) is 35.2 Å². The number of hydrogen-bond donors (Lipinski definition) is 1. The van der Waals surface area contributed by atoms with E-state index in [0.29, 0.717) is 47.9 Å². The minimum Gasteiger partial charge on any atom is -0.492 e. The molecule has 10 nitrogen and oxygen atoms in total. The number of piperidine rings is 2. The Balaban J connectivity index is 1.04. The van der Waals surface area contributed by atoms with Gasteiger partial charge in [0.15, 0.2) is 0 Å². The standard InChI is InChI=1S/C34H35N3O7/c1-42-34(41)23-7-11-27(12-8-23)44-26-9-5-22(6-10-26)19-36-17-3-2-4-25(36)21-43-28-13-14-29-24(18-28)20-37(33(29)40)30-15-16-31(38)35-32(30)39/h5-14,18,25,30H,2-4,15-17,19-21H2,1H3,(H,35,38,39)/t25-,30?/m1/s1. The number of rotatable bonds is 9. The molecule has 44 heavy (non-hydrogen) atoms. The number of amides is 3. The maximum Gasteiger partial charge on any atom is 0.337 e. The summed E-state index contributed by atoms with van der Waals surface area (Å²) in [6.07, 6.45) is 3.89. The van der Waals surface area contributed by atoms with Crippen molar-refractivity contribution in [1.29, 1.82) is 0 Å². The molecule has 0 aromatic heterocycles. The van der Waals surface area contributed by atoms with Crippen LogP contribution in [0.4, 0.5) is 0 Å². The third-order valence-corrected chi connectivity index (χ3v) is 8.51. The summed E-state index contributed by atoms with van der Waals surface area (Å²) in [6.45, 7) is 2.64. The largest absolute Gasteiger partial charge is 0.492 e. The molecule has 3 aromatic carbocycles. The van der Waals surface area contributed by atoms with Crippen molar-refractivity contribution < 1.29 is 33.4 Å². The van der Waals surface area contributed by atoms with Gasteiger partial charge in [-0.1, -0.05) is 18.6 Å². The van der Waals surface area contributed by atoms with E-state index >= 15 is 0 Å². The van der Waals surface area contributed by atoms with Crippen LogP contribution in [0.5, 0.6) is 17.2 Å². The first-order chi connectivity index (χ1) is 21.4. The summed E-state index contributed by atoms with van der Waals surface area (Å²) in [5, 5.41) is 2.34. The molecule has 3 amide bonds. The van der Waals surface area contributed by atoms with E-state index in [0.717, 1.165) is 37.9 Å². The third-order valence-electron chi connectivity index (χ3n) is 8.51. The summed E-state index contributed by atoms with van der Waals surface area (Å²) in [6, 6.07) is 20.0. The first-order valence-corrected chi connectivity index (χ1v) is 15.0. The van der Waals surface area contributed by atoms with E-state index in [-0.39, 0.29) is 30.2 Å². The lowest BCUT2D eigenvalue weighted by molar-refractivity contribution is -0.136. The molecule has 2 saturated heterocycles. The molecule has 3 aromatic rings. The lowest BCUT2D eigenvalue weighted by Gasteiger charge is -2.35. The molecule has 3 aliphatic heterocycles. The van der Waals surface area contributed by atoms with Crippen LogP contribution in [-0.2, 0) is 27.4 Å². The van der Waals surface area contributed by atoms with Gasteiger partial charge in [-0.3, -0.25) is 24.6 Å². The molecule has 3 heterocycles. The number of benzene rings is 3. The summed E-state index contributed by atoms with van der Waals surface area (Å²) in [4.78, 5) is 52.5. The fraction of sp³-hybridized carbons (Fsp3) is 0.353. The highest BCUT2D eigenvalue weighted by atomic mass is 16.5. The molecule has 0 spiro atoms. The van der Waals surface area contributed by atoms with E-state index in [1.165, 1.54) is 12.7 Å². The SMILES string of the molecule is COC(=O)c1ccc(Oc2ccc(CN3CCCC[C@@H]3COc3ccc4c(c3)CN(C3CCC(=O)NC3=O)C4=O)cc2)cc1. The van der Waals surface area contributed by atoms with Crippen molar-refractivity contribution in [2.45, 2.75) is 57.3 Å². The Bertz CT molecular complexity index is 1550. The number of methoxy groups -OCH3 is 1. The van der Waals surface area contributed by atoms with Crippen molar-refractivity contribution in [3.63, 3.8) is 0 Å². The fourth-order valence-electron chi connectivity index (χ4n) is 6.10. The first-order valence-electron chi connectivity index (χ1n) is 15.0. The maximum atomic E-state index is 13.0. The van der Waals surface area contributed by atoms with Crippen LogP contribution in [0.15, 0.2) is 66.7 Å². The quantitative estimate of drug-likeness (QED) is 0.284. The van der Waals surface area contributed by atoms with Crippen LogP contribution in [-0.4, -0.2) is 65.8 Å². The Kier molecular flexibility index (Phi) is 8.60. The van der Waals surface area contributed by atoms with Crippen molar-refractivity contribution in [1.82, 2.24) is 15.1 Å². The number of ether oxygens (including phenoxy) is 3. The molecule has 6 rings (SSSR count). The van der Waals surface area contributed by atoms with Crippen LogP contribution in [0.25, 0.3) is 0 Å². The van der Waals surface area contributed by atoms with E-state index in [2.05, 4.69) is 22.3 Å². The monoisotopic (exact) mass is 597 g/mol. The van der Waals surface area contributed by atoms with Gasteiger partial charge in [-0.25, -0.2) is 4.79 Å². The Labute approximate surface area is 255 Å². The smallest absolute Gasteiger partial charge is 0.337 e. The Morgan fingerprint density at radius 1 is 0.909 bits per heavy atom. The molecule has 10 heteroatoms. The number of hydrogen-bond acceptors (Lipinski definition) is 8. The summed E-state index contributed by atoms with van der Waals surface area (Å²) in [7, 11) is 1.35. The molecule has 0 bridgehead atoms. The second-order valence-corrected chi connectivity index (χ2v) is 11.4. The van der Waals surface area contributed by atoms with Crippen LogP contribution in [0.2, 0.25) is 0 Å². The van der Waals surface area contributed by atoms with E-state index < -0.39 is 11.9 Å². The number of esters is 1. The van der Waals surface area contributed by atoms with Crippen LogP contribution in [0, 0.1) is 0 Å². The van der Waals surface area contributed by atoms with Crippen molar-refractivity contribution >= 4 is 23.7 Å².